The van der Waals surface area contributed by atoms with Gasteiger partial charge in [-0.25, -0.2) is 0 Å². The fourth-order valence-corrected chi connectivity index (χ4v) is 2.48. The molecule has 2 heterocycles. The fourth-order valence-electron chi connectivity index (χ4n) is 2.48. The Morgan fingerprint density at radius 3 is 3.00 bits per heavy atom. The fraction of sp³-hybridized carbons (Fsp3) is 0.692. The van der Waals surface area contributed by atoms with Gasteiger partial charge in [0.1, 0.15) is 0 Å². The van der Waals surface area contributed by atoms with Crippen LogP contribution in [0.25, 0.3) is 0 Å². The summed E-state index contributed by atoms with van der Waals surface area (Å²) in [7, 11) is 0. The van der Waals surface area contributed by atoms with Gasteiger partial charge in [0.25, 0.3) is 0 Å². The lowest BCUT2D eigenvalue weighted by atomic mass is 9.85. The van der Waals surface area contributed by atoms with Crippen LogP contribution < -0.4 is 5.32 Å². The van der Waals surface area contributed by atoms with Crippen LogP contribution in [0.1, 0.15) is 27.2 Å². The third kappa shape index (κ3) is 2.25. The molecule has 2 nitrogen and oxygen atoms in total. The van der Waals surface area contributed by atoms with E-state index in [-0.39, 0.29) is 0 Å². The Hall–Kier alpha value is -0.760. The molecule has 0 spiro atoms. The Morgan fingerprint density at radius 2 is 2.20 bits per heavy atom. The highest BCUT2D eigenvalue weighted by molar-refractivity contribution is 5.17. The number of allylic oxidation sites excluding steroid dienone is 2. The largest absolute Gasteiger partial charge is 0.375 e. The van der Waals surface area contributed by atoms with Crippen molar-refractivity contribution in [3.8, 4) is 0 Å². The molecular formula is C13H22N2. The standard InChI is InChI=1S/C13H22N2/c1-10-4-7-14-13-12(3)11(2)6-9-15(13)8-5-10/h4-5,7,11-14H,6,8-9H2,1-3H3. The van der Waals surface area contributed by atoms with E-state index >= 15 is 0 Å². The molecule has 0 aliphatic carbocycles. The van der Waals surface area contributed by atoms with Gasteiger partial charge in [0.05, 0.1) is 6.17 Å². The van der Waals surface area contributed by atoms with Gasteiger partial charge in [-0.15, -0.1) is 0 Å². The molecule has 2 aliphatic rings. The number of hydrogen-bond acceptors (Lipinski definition) is 2. The Kier molecular flexibility index (Phi) is 3.15. The van der Waals surface area contributed by atoms with Crippen LogP contribution in [0.15, 0.2) is 23.9 Å². The predicted octanol–water partition coefficient (Wildman–Crippen LogP) is 2.35. The van der Waals surface area contributed by atoms with E-state index in [1.807, 2.05) is 0 Å². The molecule has 0 aromatic heterocycles. The molecule has 3 atom stereocenters. The Labute approximate surface area is 93.0 Å². The Balaban J connectivity index is 2.12. The minimum absolute atomic E-state index is 0.523. The van der Waals surface area contributed by atoms with E-state index in [2.05, 4.69) is 49.3 Å². The van der Waals surface area contributed by atoms with Gasteiger partial charge in [0.15, 0.2) is 0 Å². The van der Waals surface area contributed by atoms with Gasteiger partial charge >= 0.3 is 0 Å². The Morgan fingerprint density at radius 1 is 1.40 bits per heavy atom. The van der Waals surface area contributed by atoms with E-state index in [4.69, 9.17) is 0 Å². The first-order chi connectivity index (χ1) is 7.18. The third-order valence-corrected chi connectivity index (χ3v) is 3.92. The summed E-state index contributed by atoms with van der Waals surface area (Å²) in [4.78, 5) is 2.55. The van der Waals surface area contributed by atoms with Gasteiger partial charge in [-0.2, -0.15) is 0 Å². The monoisotopic (exact) mass is 206 g/mol. The zero-order chi connectivity index (χ0) is 10.8. The van der Waals surface area contributed by atoms with Gasteiger partial charge in [-0.3, -0.25) is 4.90 Å². The first-order valence-corrected chi connectivity index (χ1v) is 6.02. The lowest BCUT2D eigenvalue weighted by molar-refractivity contribution is 0.0601. The molecule has 2 heteroatoms. The van der Waals surface area contributed by atoms with Crippen LogP contribution >= 0.6 is 0 Å². The second-order valence-electron chi connectivity index (χ2n) is 5.01. The number of hydrogen-bond donors (Lipinski definition) is 1. The second kappa shape index (κ2) is 4.40. The number of piperidine rings is 1. The summed E-state index contributed by atoms with van der Waals surface area (Å²) >= 11 is 0. The molecule has 15 heavy (non-hydrogen) atoms. The van der Waals surface area contributed by atoms with Crippen molar-refractivity contribution in [3.05, 3.63) is 23.9 Å². The lowest BCUT2D eigenvalue weighted by Crippen LogP contribution is -2.54. The number of rotatable bonds is 0. The number of nitrogens with one attached hydrogen (secondary N) is 1. The van der Waals surface area contributed by atoms with Crippen molar-refractivity contribution in [1.29, 1.82) is 0 Å². The molecule has 1 saturated heterocycles. The minimum atomic E-state index is 0.523. The first kappa shape index (κ1) is 10.7. The van der Waals surface area contributed by atoms with Crippen molar-refractivity contribution in [2.24, 2.45) is 11.8 Å². The highest BCUT2D eigenvalue weighted by Gasteiger charge is 2.31. The summed E-state index contributed by atoms with van der Waals surface area (Å²) in [5.74, 6) is 1.56. The molecule has 1 N–H and O–H groups in total. The van der Waals surface area contributed by atoms with Crippen molar-refractivity contribution >= 4 is 0 Å². The summed E-state index contributed by atoms with van der Waals surface area (Å²) in [5.41, 5.74) is 1.35. The molecular weight excluding hydrogens is 184 g/mol. The normalized spacial score (nSPS) is 37.3. The number of nitrogens with zero attached hydrogens (tertiary/aromatic N) is 1. The predicted molar refractivity (Wildman–Crippen MR) is 64.3 cm³/mol. The molecule has 0 bridgehead atoms. The summed E-state index contributed by atoms with van der Waals surface area (Å²) in [6, 6.07) is 0. The van der Waals surface area contributed by atoms with Gasteiger partial charge < -0.3 is 5.32 Å². The van der Waals surface area contributed by atoms with E-state index in [0.29, 0.717) is 6.17 Å². The van der Waals surface area contributed by atoms with E-state index in [1.165, 1.54) is 18.5 Å². The van der Waals surface area contributed by atoms with Crippen LogP contribution in [0.3, 0.4) is 0 Å². The molecule has 1 fully saturated rings. The van der Waals surface area contributed by atoms with Crippen LogP contribution in [0.2, 0.25) is 0 Å². The molecule has 0 aromatic rings. The smallest absolute Gasteiger partial charge is 0.0819 e. The van der Waals surface area contributed by atoms with Crippen LogP contribution in [0.4, 0.5) is 0 Å². The minimum Gasteiger partial charge on any atom is -0.375 e. The summed E-state index contributed by atoms with van der Waals surface area (Å²) < 4.78 is 0. The highest BCUT2D eigenvalue weighted by Crippen LogP contribution is 2.27. The van der Waals surface area contributed by atoms with Crippen molar-refractivity contribution in [2.75, 3.05) is 13.1 Å². The maximum absolute atomic E-state index is 3.54. The van der Waals surface area contributed by atoms with E-state index in [9.17, 15) is 0 Å². The first-order valence-electron chi connectivity index (χ1n) is 6.02. The van der Waals surface area contributed by atoms with Gasteiger partial charge in [-0.05, 0) is 37.5 Å². The van der Waals surface area contributed by atoms with Gasteiger partial charge in [0, 0.05) is 13.1 Å². The van der Waals surface area contributed by atoms with Crippen molar-refractivity contribution in [2.45, 2.75) is 33.4 Å². The lowest BCUT2D eigenvalue weighted by Gasteiger charge is -2.43. The third-order valence-electron chi connectivity index (χ3n) is 3.92. The quantitative estimate of drug-likeness (QED) is 0.654. The molecule has 0 saturated carbocycles. The summed E-state index contributed by atoms with van der Waals surface area (Å²) in [6.45, 7) is 9.20. The van der Waals surface area contributed by atoms with Crippen LogP contribution in [0.5, 0.6) is 0 Å². The molecule has 0 aromatic carbocycles. The number of fused-ring (bicyclic) bond motifs is 1. The van der Waals surface area contributed by atoms with E-state index < -0.39 is 0 Å². The maximum Gasteiger partial charge on any atom is 0.0819 e. The molecule has 3 unspecified atom stereocenters. The SMILES string of the molecule is CC1=CCN2CCC(C)C(C)C2NC=C1. The molecule has 0 radical (unpaired) electrons. The molecule has 84 valence electrons. The van der Waals surface area contributed by atoms with Gasteiger partial charge in [-0.1, -0.05) is 25.5 Å². The molecule has 2 rings (SSSR count). The van der Waals surface area contributed by atoms with Crippen molar-refractivity contribution in [3.63, 3.8) is 0 Å². The molecule has 0 amide bonds. The average Bonchev–Trinajstić information content (AvgIpc) is 2.20. The van der Waals surface area contributed by atoms with Crippen LogP contribution in [-0.4, -0.2) is 24.2 Å². The van der Waals surface area contributed by atoms with E-state index in [0.717, 1.165) is 18.4 Å². The van der Waals surface area contributed by atoms with Crippen LogP contribution in [0, 0.1) is 11.8 Å². The summed E-state index contributed by atoms with van der Waals surface area (Å²) in [5, 5.41) is 3.54. The highest BCUT2D eigenvalue weighted by atomic mass is 15.3. The molecule has 2 aliphatic heterocycles. The van der Waals surface area contributed by atoms with Gasteiger partial charge in [0.2, 0.25) is 0 Å². The van der Waals surface area contributed by atoms with Crippen LogP contribution in [-0.2, 0) is 0 Å². The topological polar surface area (TPSA) is 15.3 Å². The van der Waals surface area contributed by atoms with Crippen molar-refractivity contribution in [1.82, 2.24) is 10.2 Å². The maximum atomic E-state index is 3.54. The van der Waals surface area contributed by atoms with Crippen molar-refractivity contribution < 1.29 is 0 Å². The summed E-state index contributed by atoms with van der Waals surface area (Å²) in [6.07, 6.45) is 8.46. The Bertz CT molecular complexity index is 280. The average molecular weight is 206 g/mol. The zero-order valence-electron chi connectivity index (χ0n) is 10.0. The second-order valence-corrected chi connectivity index (χ2v) is 5.01. The zero-order valence-corrected chi connectivity index (χ0v) is 10.0. The van der Waals surface area contributed by atoms with E-state index in [1.54, 1.807) is 0 Å².